The fourth-order valence-electron chi connectivity index (χ4n) is 1.78. The van der Waals surface area contributed by atoms with Crippen LogP contribution in [0.4, 0.5) is 5.69 Å². The molecule has 0 fully saturated rings. The van der Waals surface area contributed by atoms with Crippen LogP contribution in [0.2, 0.25) is 0 Å². The van der Waals surface area contributed by atoms with Gasteiger partial charge in [-0.05, 0) is 25.0 Å². The number of carbonyl (C=O) groups is 1. The zero-order valence-corrected chi connectivity index (χ0v) is 12.3. The molecule has 1 amide bonds. The standard InChI is InChI=1S/C15H21N3O3/c1-3-15(16,4-2)11-17-14(19)10-9-12-7-5-6-8-13(12)18(20)21/h5-10H,3-4,11,16H2,1-2H3,(H,17,19)/b10-9+. The maximum atomic E-state index is 11.8. The van der Waals surface area contributed by atoms with E-state index < -0.39 is 10.5 Å². The number of carbonyl (C=O) groups excluding carboxylic acids is 1. The van der Waals surface area contributed by atoms with Gasteiger partial charge in [0.1, 0.15) is 0 Å². The molecule has 1 aromatic carbocycles. The van der Waals surface area contributed by atoms with Gasteiger partial charge < -0.3 is 11.1 Å². The van der Waals surface area contributed by atoms with Gasteiger partial charge in [0.05, 0.1) is 10.5 Å². The zero-order chi connectivity index (χ0) is 15.9. The third-order valence-corrected chi connectivity index (χ3v) is 3.57. The first-order valence-corrected chi connectivity index (χ1v) is 6.90. The molecule has 0 saturated heterocycles. The SMILES string of the molecule is CCC(N)(CC)CNC(=O)/C=C/c1ccccc1[N+](=O)[O-]. The molecule has 0 aliphatic carbocycles. The number of amides is 1. The fourth-order valence-corrected chi connectivity index (χ4v) is 1.78. The van der Waals surface area contributed by atoms with Gasteiger partial charge in [-0.15, -0.1) is 0 Å². The van der Waals surface area contributed by atoms with Crippen molar-refractivity contribution in [2.75, 3.05) is 6.54 Å². The number of hydrogen-bond donors (Lipinski definition) is 2. The molecule has 0 heterocycles. The summed E-state index contributed by atoms with van der Waals surface area (Å²) in [4.78, 5) is 22.1. The molecular weight excluding hydrogens is 270 g/mol. The number of nitro benzene ring substituents is 1. The van der Waals surface area contributed by atoms with Gasteiger partial charge in [0, 0.05) is 24.2 Å². The van der Waals surface area contributed by atoms with Crippen molar-refractivity contribution < 1.29 is 9.72 Å². The molecule has 0 radical (unpaired) electrons. The molecule has 1 aromatic rings. The van der Waals surface area contributed by atoms with E-state index in [-0.39, 0.29) is 11.6 Å². The van der Waals surface area contributed by atoms with E-state index in [0.29, 0.717) is 12.1 Å². The summed E-state index contributed by atoms with van der Waals surface area (Å²) in [7, 11) is 0. The van der Waals surface area contributed by atoms with Crippen LogP contribution in [0.15, 0.2) is 30.3 Å². The van der Waals surface area contributed by atoms with E-state index in [1.54, 1.807) is 18.2 Å². The predicted octanol–water partition coefficient (Wildman–Crippen LogP) is 2.24. The molecule has 0 unspecified atom stereocenters. The number of rotatable bonds is 7. The lowest BCUT2D eigenvalue weighted by molar-refractivity contribution is -0.385. The van der Waals surface area contributed by atoms with Crippen molar-refractivity contribution in [3.05, 3.63) is 46.0 Å². The molecule has 0 aliphatic rings. The molecule has 21 heavy (non-hydrogen) atoms. The van der Waals surface area contributed by atoms with Crippen LogP contribution in [0.1, 0.15) is 32.3 Å². The Balaban J connectivity index is 2.69. The monoisotopic (exact) mass is 291 g/mol. The number of nitro groups is 1. The molecule has 3 N–H and O–H groups in total. The first kappa shape index (κ1) is 16.8. The second-order valence-corrected chi connectivity index (χ2v) is 4.94. The Morgan fingerprint density at radius 3 is 2.57 bits per heavy atom. The zero-order valence-electron chi connectivity index (χ0n) is 12.3. The number of nitrogens with one attached hydrogen (secondary N) is 1. The fraction of sp³-hybridized carbons (Fsp3) is 0.400. The molecule has 1 rings (SSSR count). The average molecular weight is 291 g/mol. The summed E-state index contributed by atoms with van der Waals surface area (Å²) in [6.07, 6.45) is 4.24. The Hall–Kier alpha value is -2.21. The maximum absolute atomic E-state index is 11.8. The smallest absolute Gasteiger partial charge is 0.276 e. The van der Waals surface area contributed by atoms with Crippen LogP contribution in [0, 0.1) is 10.1 Å². The topological polar surface area (TPSA) is 98.3 Å². The van der Waals surface area contributed by atoms with E-state index in [4.69, 9.17) is 5.73 Å². The average Bonchev–Trinajstić information content (AvgIpc) is 2.50. The van der Waals surface area contributed by atoms with Gasteiger partial charge in [-0.2, -0.15) is 0 Å². The minimum atomic E-state index is -0.476. The first-order valence-electron chi connectivity index (χ1n) is 6.90. The lowest BCUT2D eigenvalue weighted by Gasteiger charge is -2.26. The van der Waals surface area contributed by atoms with Gasteiger partial charge in [-0.25, -0.2) is 0 Å². The normalized spacial score (nSPS) is 11.6. The highest BCUT2D eigenvalue weighted by Crippen LogP contribution is 2.18. The number of para-hydroxylation sites is 1. The Kier molecular flexibility index (Phi) is 6.05. The number of nitrogens with zero attached hydrogens (tertiary/aromatic N) is 1. The van der Waals surface area contributed by atoms with Crippen LogP contribution >= 0.6 is 0 Å². The summed E-state index contributed by atoms with van der Waals surface area (Å²) in [6, 6.07) is 6.26. The van der Waals surface area contributed by atoms with E-state index >= 15 is 0 Å². The maximum Gasteiger partial charge on any atom is 0.276 e. The molecule has 0 atom stereocenters. The second-order valence-electron chi connectivity index (χ2n) is 4.94. The molecule has 6 nitrogen and oxygen atoms in total. The molecule has 114 valence electrons. The van der Waals surface area contributed by atoms with Gasteiger partial charge in [-0.1, -0.05) is 26.0 Å². The van der Waals surface area contributed by atoms with Crippen LogP contribution in [0.3, 0.4) is 0 Å². The molecular formula is C15H21N3O3. The predicted molar refractivity (Wildman–Crippen MR) is 82.6 cm³/mol. The molecule has 0 spiro atoms. The van der Waals surface area contributed by atoms with Crippen LogP contribution in [0.5, 0.6) is 0 Å². The van der Waals surface area contributed by atoms with Gasteiger partial charge in [0.25, 0.3) is 5.69 Å². The molecule has 0 bridgehead atoms. The van der Waals surface area contributed by atoms with E-state index in [2.05, 4.69) is 5.32 Å². The van der Waals surface area contributed by atoms with Gasteiger partial charge >= 0.3 is 0 Å². The summed E-state index contributed by atoms with van der Waals surface area (Å²) >= 11 is 0. The Morgan fingerprint density at radius 1 is 1.38 bits per heavy atom. The number of nitrogens with two attached hydrogens (primary N) is 1. The molecule has 0 saturated carbocycles. The van der Waals surface area contributed by atoms with Crippen molar-refractivity contribution in [3.63, 3.8) is 0 Å². The van der Waals surface area contributed by atoms with Gasteiger partial charge in [0.15, 0.2) is 0 Å². The molecule has 0 aromatic heterocycles. The third kappa shape index (κ3) is 5.00. The van der Waals surface area contributed by atoms with Crippen molar-refractivity contribution in [1.29, 1.82) is 0 Å². The minimum absolute atomic E-state index is 0.0307. The van der Waals surface area contributed by atoms with Crippen LogP contribution < -0.4 is 11.1 Å². The van der Waals surface area contributed by atoms with Crippen molar-refractivity contribution in [2.45, 2.75) is 32.2 Å². The largest absolute Gasteiger partial charge is 0.351 e. The quantitative estimate of drug-likeness (QED) is 0.457. The van der Waals surface area contributed by atoms with Crippen molar-refractivity contribution >= 4 is 17.7 Å². The van der Waals surface area contributed by atoms with Crippen LogP contribution in [-0.2, 0) is 4.79 Å². The Bertz CT molecular complexity index is 537. The highest BCUT2D eigenvalue weighted by atomic mass is 16.6. The van der Waals surface area contributed by atoms with E-state index in [1.807, 2.05) is 13.8 Å². The van der Waals surface area contributed by atoms with Gasteiger partial charge in [-0.3, -0.25) is 14.9 Å². The second kappa shape index (κ2) is 7.54. The summed E-state index contributed by atoms with van der Waals surface area (Å²) < 4.78 is 0. The minimum Gasteiger partial charge on any atom is -0.351 e. The van der Waals surface area contributed by atoms with E-state index in [1.165, 1.54) is 18.2 Å². The van der Waals surface area contributed by atoms with Crippen LogP contribution in [-0.4, -0.2) is 22.9 Å². The Morgan fingerprint density at radius 2 is 2.00 bits per heavy atom. The van der Waals surface area contributed by atoms with Gasteiger partial charge in [0.2, 0.25) is 5.91 Å². The lowest BCUT2D eigenvalue weighted by atomic mass is 9.94. The highest BCUT2D eigenvalue weighted by Gasteiger charge is 2.20. The number of hydrogen-bond acceptors (Lipinski definition) is 4. The first-order chi connectivity index (χ1) is 9.91. The summed E-state index contributed by atoms with van der Waals surface area (Å²) in [5.74, 6) is -0.315. The van der Waals surface area contributed by atoms with E-state index in [0.717, 1.165) is 12.8 Å². The summed E-state index contributed by atoms with van der Waals surface area (Å²) in [5, 5.41) is 13.6. The third-order valence-electron chi connectivity index (χ3n) is 3.57. The highest BCUT2D eigenvalue weighted by molar-refractivity contribution is 5.92. The summed E-state index contributed by atoms with van der Waals surface area (Å²) in [6.45, 7) is 4.32. The lowest BCUT2D eigenvalue weighted by Crippen LogP contribution is -2.48. The molecule has 6 heteroatoms. The Labute approximate surface area is 124 Å². The van der Waals surface area contributed by atoms with Crippen molar-refractivity contribution in [2.24, 2.45) is 5.73 Å². The van der Waals surface area contributed by atoms with Crippen LogP contribution in [0.25, 0.3) is 6.08 Å². The van der Waals surface area contributed by atoms with Crippen molar-refractivity contribution in [3.8, 4) is 0 Å². The van der Waals surface area contributed by atoms with Crippen molar-refractivity contribution in [1.82, 2.24) is 5.32 Å². The summed E-state index contributed by atoms with van der Waals surface area (Å²) in [5.41, 5.74) is 6.03. The molecule has 0 aliphatic heterocycles. The van der Waals surface area contributed by atoms with E-state index in [9.17, 15) is 14.9 Å². The number of benzene rings is 1.